The van der Waals surface area contributed by atoms with Crippen molar-refractivity contribution < 1.29 is 37.4 Å². The molecule has 1 saturated carbocycles. The minimum absolute atomic E-state index is 0.0574. The molecule has 9 nitrogen and oxygen atoms in total. The SMILES string of the molecule is CCCCC1N(CC2CCCCC2)C(=O)OC12CCN(C1CCN(C(=O)c3ccncc3)CC1)CC2.O=C(O)C(F)(F)F. The molecule has 0 aromatic carbocycles. The first-order chi connectivity index (χ1) is 20.5. The van der Waals surface area contributed by atoms with Gasteiger partial charge in [-0.2, -0.15) is 13.2 Å². The van der Waals surface area contributed by atoms with Gasteiger partial charge in [-0.1, -0.05) is 39.0 Å². The summed E-state index contributed by atoms with van der Waals surface area (Å²) >= 11 is 0. The fourth-order valence-corrected chi connectivity index (χ4v) is 7.19. The van der Waals surface area contributed by atoms with E-state index in [0.29, 0.717) is 12.0 Å². The molecule has 1 atom stereocenters. The maximum atomic E-state index is 13.1. The zero-order valence-corrected chi connectivity index (χ0v) is 25.1. The molecule has 1 unspecified atom stereocenters. The van der Waals surface area contributed by atoms with Crippen molar-refractivity contribution in [3.63, 3.8) is 0 Å². The van der Waals surface area contributed by atoms with Gasteiger partial charge in [0.2, 0.25) is 0 Å². The minimum atomic E-state index is -5.08. The van der Waals surface area contributed by atoms with Crippen LogP contribution in [0.5, 0.6) is 0 Å². The zero-order chi connectivity index (χ0) is 31.0. The molecular formula is C31H45F3N4O5. The fourth-order valence-electron chi connectivity index (χ4n) is 7.19. The van der Waals surface area contributed by atoms with Crippen LogP contribution in [0.3, 0.4) is 0 Å². The van der Waals surface area contributed by atoms with Crippen LogP contribution in [-0.2, 0) is 9.53 Å². The third-order valence-corrected chi connectivity index (χ3v) is 9.60. The Morgan fingerprint density at radius 2 is 1.63 bits per heavy atom. The molecule has 5 rings (SSSR count). The Balaban J connectivity index is 0.000000541. The second-order valence-corrected chi connectivity index (χ2v) is 12.3. The third-order valence-electron chi connectivity index (χ3n) is 9.60. The first-order valence-electron chi connectivity index (χ1n) is 15.8. The number of halogens is 3. The number of carbonyl (C=O) groups is 3. The van der Waals surface area contributed by atoms with Crippen LogP contribution in [0.15, 0.2) is 24.5 Å². The molecule has 3 saturated heterocycles. The number of hydrogen-bond donors (Lipinski definition) is 1. The number of pyridine rings is 1. The van der Waals surface area contributed by atoms with Gasteiger partial charge < -0.3 is 19.6 Å². The number of likely N-dealkylation sites (tertiary alicyclic amines) is 2. The molecule has 1 N–H and O–H groups in total. The Morgan fingerprint density at radius 1 is 1.02 bits per heavy atom. The molecule has 4 fully saturated rings. The highest BCUT2D eigenvalue weighted by Gasteiger charge is 2.55. The van der Waals surface area contributed by atoms with Gasteiger partial charge in [-0.3, -0.25) is 14.7 Å². The van der Waals surface area contributed by atoms with Crippen molar-refractivity contribution in [3.8, 4) is 0 Å². The van der Waals surface area contributed by atoms with Gasteiger partial charge in [0.25, 0.3) is 5.91 Å². The molecular weight excluding hydrogens is 565 g/mol. The second kappa shape index (κ2) is 14.7. The Hall–Kier alpha value is -2.89. The number of hydrogen-bond acceptors (Lipinski definition) is 6. The maximum absolute atomic E-state index is 13.1. The molecule has 1 spiro atoms. The summed E-state index contributed by atoms with van der Waals surface area (Å²) in [5.74, 6) is -2.00. The van der Waals surface area contributed by atoms with E-state index >= 15 is 0 Å². The van der Waals surface area contributed by atoms with E-state index in [1.54, 1.807) is 24.5 Å². The van der Waals surface area contributed by atoms with E-state index in [4.69, 9.17) is 14.6 Å². The van der Waals surface area contributed by atoms with E-state index in [-0.39, 0.29) is 23.6 Å². The van der Waals surface area contributed by atoms with Gasteiger partial charge in [0, 0.05) is 69.6 Å². The normalized spacial score (nSPS) is 23.5. The summed E-state index contributed by atoms with van der Waals surface area (Å²) < 4.78 is 38.0. The van der Waals surface area contributed by atoms with E-state index in [0.717, 1.165) is 83.2 Å². The largest absolute Gasteiger partial charge is 0.490 e. The molecule has 1 aromatic heterocycles. The van der Waals surface area contributed by atoms with Crippen molar-refractivity contribution in [2.24, 2.45) is 5.92 Å². The van der Waals surface area contributed by atoms with E-state index < -0.39 is 12.1 Å². The van der Waals surface area contributed by atoms with Crippen molar-refractivity contribution in [2.75, 3.05) is 32.7 Å². The van der Waals surface area contributed by atoms with Crippen LogP contribution in [0.25, 0.3) is 0 Å². The highest BCUT2D eigenvalue weighted by Crippen LogP contribution is 2.43. The first kappa shape index (κ1) is 33.0. The van der Waals surface area contributed by atoms with Crippen LogP contribution in [-0.4, -0.2) is 99.3 Å². The van der Waals surface area contributed by atoms with Crippen molar-refractivity contribution in [1.82, 2.24) is 19.7 Å². The first-order valence-corrected chi connectivity index (χ1v) is 15.8. The summed E-state index contributed by atoms with van der Waals surface area (Å²) in [7, 11) is 0. The number of carboxylic acid groups (broad SMARTS) is 1. The number of carboxylic acids is 1. The number of ether oxygens (including phenoxy) is 1. The van der Waals surface area contributed by atoms with Crippen molar-refractivity contribution in [3.05, 3.63) is 30.1 Å². The molecule has 4 heterocycles. The fraction of sp³-hybridized carbons (Fsp3) is 0.742. The zero-order valence-electron chi connectivity index (χ0n) is 25.1. The second-order valence-electron chi connectivity index (χ2n) is 12.3. The number of amides is 2. The van der Waals surface area contributed by atoms with E-state index in [1.807, 2.05) is 4.90 Å². The third kappa shape index (κ3) is 8.39. The number of alkyl halides is 3. The summed E-state index contributed by atoms with van der Waals surface area (Å²) in [5, 5.41) is 7.12. The molecule has 12 heteroatoms. The lowest BCUT2D eigenvalue weighted by atomic mass is 9.80. The van der Waals surface area contributed by atoms with Gasteiger partial charge in [-0.25, -0.2) is 9.59 Å². The molecule has 4 aliphatic rings. The molecule has 240 valence electrons. The number of carbonyl (C=O) groups excluding carboxylic acids is 2. The maximum Gasteiger partial charge on any atom is 0.490 e. The highest BCUT2D eigenvalue weighted by molar-refractivity contribution is 5.94. The van der Waals surface area contributed by atoms with E-state index in [1.165, 1.54) is 32.1 Å². The van der Waals surface area contributed by atoms with Gasteiger partial charge in [-0.05, 0) is 50.2 Å². The molecule has 1 aromatic rings. The standard InChI is InChI=1S/C29H44N4O3.C2HF3O2/c1-2-3-9-26-29(36-28(35)33(26)22-23-7-5-4-6-8-23)14-20-31(21-15-29)25-12-18-32(19-13-25)27(34)24-10-16-30-17-11-24;3-2(4,5)1(6)7/h10-11,16-17,23,25-26H,2-9,12-15,18-22H2,1H3;(H,6,7). The summed E-state index contributed by atoms with van der Waals surface area (Å²) in [6.45, 7) is 6.70. The Labute approximate surface area is 251 Å². The monoisotopic (exact) mass is 610 g/mol. The number of aliphatic carboxylic acids is 1. The number of unbranched alkanes of at least 4 members (excludes halogenated alkanes) is 1. The lowest BCUT2D eigenvalue weighted by Gasteiger charge is -2.46. The summed E-state index contributed by atoms with van der Waals surface area (Å²) in [5.41, 5.74) is 0.414. The average molecular weight is 611 g/mol. The molecule has 2 amide bonds. The number of nitrogens with zero attached hydrogens (tertiary/aromatic N) is 4. The molecule has 43 heavy (non-hydrogen) atoms. The molecule has 1 aliphatic carbocycles. The minimum Gasteiger partial charge on any atom is -0.475 e. The number of piperidine rings is 2. The van der Waals surface area contributed by atoms with E-state index in [2.05, 4.69) is 21.7 Å². The summed E-state index contributed by atoms with van der Waals surface area (Å²) in [6, 6.07) is 4.34. The Morgan fingerprint density at radius 3 is 2.19 bits per heavy atom. The van der Waals surface area contributed by atoms with Crippen LogP contribution in [0.2, 0.25) is 0 Å². The van der Waals surface area contributed by atoms with E-state index in [9.17, 15) is 22.8 Å². The lowest BCUT2D eigenvalue weighted by molar-refractivity contribution is -0.192. The molecule has 0 bridgehead atoms. The smallest absolute Gasteiger partial charge is 0.475 e. The van der Waals surface area contributed by atoms with Crippen LogP contribution < -0.4 is 0 Å². The van der Waals surface area contributed by atoms with Crippen LogP contribution in [0.1, 0.15) is 94.3 Å². The predicted octanol–water partition coefficient (Wildman–Crippen LogP) is 5.75. The quantitative estimate of drug-likeness (QED) is 0.420. The summed E-state index contributed by atoms with van der Waals surface area (Å²) in [4.78, 5) is 45.6. The van der Waals surface area contributed by atoms with Crippen LogP contribution in [0, 0.1) is 5.92 Å². The van der Waals surface area contributed by atoms with Crippen LogP contribution >= 0.6 is 0 Å². The molecule has 0 radical (unpaired) electrons. The van der Waals surface area contributed by atoms with Gasteiger partial charge in [0.15, 0.2) is 0 Å². The summed E-state index contributed by atoms with van der Waals surface area (Å²) in [6.07, 6.45) is 12.0. The van der Waals surface area contributed by atoms with Crippen molar-refractivity contribution >= 4 is 18.0 Å². The molecule has 3 aliphatic heterocycles. The van der Waals surface area contributed by atoms with Gasteiger partial charge in [0.1, 0.15) is 5.60 Å². The van der Waals surface area contributed by atoms with Crippen LogP contribution in [0.4, 0.5) is 18.0 Å². The Bertz CT molecular complexity index is 1070. The highest BCUT2D eigenvalue weighted by atomic mass is 19.4. The van der Waals surface area contributed by atoms with Crippen molar-refractivity contribution in [2.45, 2.75) is 108 Å². The van der Waals surface area contributed by atoms with Gasteiger partial charge in [-0.15, -0.1) is 0 Å². The van der Waals surface area contributed by atoms with Crippen molar-refractivity contribution in [1.29, 1.82) is 0 Å². The number of aromatic nitrogens is 1. The van der Waals surface area contributed by atoms with Gasteiger partial charge >= 0.3 is 18.2 Å². The lowest BCUT2D eigenvalue weighted by Crippen LogP contribution is -2.56. The predicted molar refractivity (Wildman–Crippen MR) is 153 cm³/mol. The van der Waals surface area contributed by atoms with Gasteiger partial charge in [0.05, 0.1) is 6.04 Å². The topological polar surface area (TPSA) is 103 Å². The Kier molecular flexibility index (Phi) is 11.3. The number of rotatable bonds is 7. The average Bonchev–Trinajstić information content (AvgIpc) is 3.25.